The van der Waals surface area contributed by atoms with Crippen molar-refractivity contribution in [2.75, 3.05) is 13.2 Å². The van der Waals surface area contributed by atoms with E-state index in [0.29, 0.717) is 19.3 Å². The first-order valence-electron chi connectivity index (χ1n) is 17.8. The standard InChI is InChI=1S/C38H66O7/c1-4-5-18-25-34(39)26-20-15-11-9-12-16-21-27-35(40)28-23-30-38(43)45-32-36(41)31-44-37(42)29-22-17-13-8-6-7-10-14-19-24-33(2)3/h11-12,15-16,20-21,26-27,33-36,39-41H,4-10,13-14,17-19,22-25,28-32H2,1-3H3/b15-11-,16-12-,26-20+,27-21+/t34-,35-,36+/m0/s1. The summed E-state index contributed by atoms with van der Waals surface area (Å²) < 4.78 is 10.2. The lowest BCUT2D eigenvalue weighted by Crippen LogP contribution is -2.25. The largest absolute Gasteiger partial charge is 0.463 e. The Hall–Kier alpha value is -2.22. The number of carbonyl (C=O) groups is 2. The van der Waals surface area contributed by atoms with Crippen molar-refractivity contribution < 1.29 is 34.4 Å². The van der Waals surface area contributed by atoms with Crippen LogP contribution in [-0.4, -0.2) is 58.8 Å². The Balaban J connectivity index is 3.74. The second-order valence-corrected chi connectivity index (χ2v) is 12.5. The molecule has 0 fully saturated rings. The molecular formula is C38H66O7. The van der Waals surface area contributed by atoms with E-state index in [4.69, 9.17) is 9.47 Å². The molecule has 3 atom stereocenters. The minimum Gasteiger partial charge on any atom is -0.463 e. The number of allylic oxidation sites excluding steroid dienone is 6. The number of unbranched alkanes of at least 4 members (excludes halogenated alkanes) is 10. The summed E-state index contributed by atoms with van der Waals surface area (Å²) in [5, 5.41) is 29.9. The van der Waals surface area contributed by atoms with Crippen molar-refractivity contribution in [2.45, 2.75) is 161 Å². The predicted molar refractivity (Wildman–Crippen MR) is 185 cm³/mol. The van der Waals surface area contributed by atoms with Crippen molar-refractivity contribution in [3.63, 3.8) is 0 Å². The fourth-order valence-electron chi connectivity index (χ4n) is 4.66. The van der Waals surface area contributed by atoms with Crippen molar-refractivity contribution in [3.05, 3.63) is 48.6 Å². The first kappa shape index (κ1) is 42.8. The quantitative estimate of drug-likeness (QED) is 0.0413. The maximum absolute atomic E-state index is 11.9. The van der Waals surface area contributed by atoms with Gasteiger partial charge in [0.1, 0.15) is 19.3 Å². The summed E-state index contributed by atoms with van der Waals surface area (Å²) in [5.74, 6) is 0.0130. The number of carbonyl (C=O) groups excluding carboxylic acids is 2. The van der Waals surface area contributed by atoms with Crippen molar-refractivity contribution in [1.82, 2.24) is 0 Å². The smallest absolute Gasteiger partial charge is 0.305 e. The molecule has 0 spiro atoms. The summed E-state index contributed by atoms with van der Waals surface area (Å²) in [5.41, 5.74) is 0. The lowest BCUT2D eigenvalue weighted by molar-refractivity contribution is -0.152. The van der Waals surface area contributed by atoms with Crippen LogP contribution in [0, 0.1) is 5.92 Å². The third-order valence-electron chi connectivity index (χ3n) is 7.45. The second kappa shape index (κ2) is 31.7. The van der Waals surface area contributed by atoms with Crippen LogP contribution in [0.1, 0.15) is 143 Å². The van der Waals surface area contributed by atoms with Gasteiger partial charge in [-0.25, -0.2) is 0 Å². The Labute approximate surface area is 274 Å². The Kier molecular flexibility index (Phi) is 30.2. The first-order valence-corrected chi connectivity index (χ1v) is 17.8. The summed E-state index contributed by atoms with van der Waals surface area (Å²) in [6, 6.07) is 0. The van der Waals surface area contributed by atoms with E-state index in [0.717, 1.165) is 57.3 Å². The van der Waals surface area contributed by atoms with Gasteiger partial charge in [-0.3, -0.25) is 9.59 Å². The topological polar surface area (TPSA) is 113 Å². The van der Waals surface area contributed by atoms with Crippen molar-refractivity contribution in [2.24, 2.45) is 5.92 Å². The molecule has 45 heavy (non-hydrogen) atoms. The molecule has 0 aromatic carbocycles. The molecule has 0 unspecified atom stereocenters. The van der Waals surface area contributed by atoms with Gasteiger partial charge in [0.2, 0.25) is 0 Å². The summed E-state index contributed by atoms with van der Waals surface area (Å²) in [4.78, 5) is 23.8. The van der Waals surface area contributed by atoms with Gasteiger partial charge in [0.05, 0.1) is 12.2 Å². The molecule has 0 aliphatic heterocycles. The summed E-state index contributed by atoms with van der Waals surface area (Å²) >= 11 is 0. The number of aliphatic hydroxyl groups is 3. The van der Waals surface area contributed by atoms with Crippen LogP contribution >= 0.6 is 0 Å². The van der Waals surface area contributed by atoms with Gasteiger partial charge in [-0.15, -0.1) is 0 Å². The molecule has 0 aromatic heterocycles. The van der Waals surface area contributed by atoms with Gasteiger partial charge in [0.15, 0.2) is 0 Å². The molecular weight excluding hydrogens is 568 g/mol. The first-order chi connectivity index (χ1) is 21.7. The number of hydrogen-bond donors (Lipinski definition) is 3. The average molecular weight is 635 g/mol. The molecule has 0 saturated heterocycles. The third-order valence-corrected chi connectivity index (χ3v) is 7.45. The molecule has 260 valence electrons. The molecule has 0 aromatic rings. The van der Waals surface area contributed by atoms with E-state index in [-0.39, 0.29) is 31.7 Å². The van der Waals surface area contributed by atoms with E-state index in [9.17, 15) is 24.9 Å². The Morgan fingerprint density at radius 1 is 0.578 bits per heavy atom. The van der Waals surface area contributed by atoms with E-state index >= 15 is 0 Å². The van der Waals surface area contributed by atoms with Crippen LogP contribution in [0.25, 0.3) is 0 Å². The zero-order valence-corrected chi connectivity index (χ0v) is 28.8. The van der Waals surface area contributed by atoms with Gasteiger partial charge in [0.25, 0.3) is 0 Å². The molecule has 3 N–H and O–H groups in total. The van der Waals surface area contributed by atoms with Crippen LogP contribution in [0.15, 0.2) is 48.6 Å². The van der Waals surface area contributed by atoms with Crippen LogP contribution in [0.5, 0.6) is 0 Å². The van der Waals surface area contributed by atoms with Crippen LogP contribution < -0.4 is 0 Å². The summed E-state index contributed by atoms with van der Waals surface area (Å²) in [6.07, 6.45) is 31.0. The van der Waals surface area contributed by atoms with E-state index in [1.165, 1.54) is 44.9 Å². The van der Waals surface area contributed by atoms with Gasteiger partial charge >= 0.3 is 11.9 Å². The van der Waals surface area contributed by atoms with E-state index in [1.807, 2.05) is 36.5 Å². The van der Waals surface area contributed by atoms with E-state index < -0.39 is 18.2 Å². The highest BCUT2D eigenvalue weighted by atomic mass is 16.6. The molecule has 0 heterocycles. The molecule has 0 saturated carbocycles. The lowest BCUT2D eigenvalue weighted by Gasteiger charge is -2.12. The normalized spacial score (nSPS) is 14.3. The Morgan fingerprint density at radius 3 is 1.53 bits per heavy atom. The molecule has 0 amide bonds. The minimum atomic E-state index is -1.05. The van der Waals surface area contributed by atoms with E-state index in [2.05, 4.69) is 20.8 Å². The molecule has 0 radical (unpaired) electrons. The Morgan fingerprint density at radius 2 is 1.02 bits per heavy atom. The minimum absolute atomic E-state index is 0.136. The highest BCUT2D eigenvalue weighted by Gasteiger charge is 2.12. The highest BCUT2D eigenvalue weighted by Crippen LogP contribution is 2.14. The van der Waals surface area contributed by atoms with Crippen LogP contribution in [0.2, 0.25) is 0 Å². The molecule has 0 aliphatic rings. The maximum atomic E-state index is 11.9. The number of aliphatic hydroxyl groups excluding tert-OH is 3. The zero-order valence-electron chi connectivity index (χ0n) is 28.8. The summed E-state index contributed by atoms with van der Waals surface area (Å²) in [7, 11) is 0. The molecule has 7 nitrogen and oxygen atoms in total. The molecule has 0 bridgehead atoms. The number of esters is 2. The number of ether oxygens (including phenoxy) is 2. The predicted octanol–water partition coefficient (Wildman–Crippen LogP) is 8.47. The number of rotatable bonds is 30. The monoisotopic (exact) mass is 634 g/mol. The number of hydrogen-bond acceptors (Lipinski definition) is 7. The molecule has 0 aliphatic carbocycles. The summed E-state index contributed by atoms with van der Waals surface area (Å²) in [6.45, 7) is 6.29. The van der Waals surface area contributed by atoms with Gasteiger partial charge in [-0.1, -0.05) is 146 Å². The highest BCUT2D eigenvalue weighted by molar-refractivity contribution is 5.69. The van der Waals surface area contributed by atoms with Gasteiger partial charge in [-0.2, -0.15) is 0 Å². The third kappa shape index (κ3) is 33.0. The van der Waals surface area contributed by atoms with Crippen molar-refractivity contribution in [1.29, 1.82) is 0 Å². The van der Waals surface area contributed by atoms with Gasteiger partial charge in [-0.05, 0) is 38.0 Å². The van der Waals surface area contributed by atoms with Crippen molar-refractivity contribution >= 4 is 11.9 Å². The maximum Gasteiger partial charge on any atom is 0.305 e. The Bertz CT molecular complexity index is 815. The molecule has 7 heteroatoms. The van der Waals surface area contributed by atoms with Crippen molar-refractivity contribution in [3.8, 4) is 0 Å². The fourth-order valence-corrected chi connectivity index (χ4v) is 4.66. The van der Waals surface area contributed by atoms with Gasteiger partial charge in [0, 0.05) is 12.8 Å². The lowest BCUT2D eigenvalue weighted by atomic mass is 10.0. The zero-order chi connectivity index (χ0) is 33.4. The SMILES string of the molecule is CCCCC[C@H](O)/C=C/C=C\C/C=C\C=C\[C@H](O)CCCC(=O)OC[C@H](O)COC(=O)CCCCCCCCCCCC(C)C. The van der Waals surface area contributed by atoms with Crippen LogP contribution in [-0.2, 0) is 19.1 Å². The molecule has 0 rings (SSSR count). The average Bonchev–Trinajstić information content (AvgIpc) is 3.00. The van der Waals surface area contributed by atoms with Gasteiger partial charge < -0.3 is 24.8 Å². The van der Waals surface area contributed by atoms with Crippen LogP contribution in [0.3, 0.4) is 0 Å². The fraction of sp³-hybridized carbons (Fsp3) is 0.737. The second-order valence-electron chi connectivity index (χ2n) is 12.5. The van der Waals surface area contributed by atoms with Crippen LogP contribution in [0.4, 0.5) is 0 Å². The van der Waals surface area contributed by atoms with E-state index in [1.54, 1.807) is 12.2 Å².